The quantitative estimate of drug-likeness (QED) is 0.262. The fourth-order valence-electron chi connectivity index (χ4n) is 2.23. The van der Waals surface area contributed by atoms with Crippen molar-refractivity contribution < 1.29 is 21.6 Å². The summed E-state index contributed by atoms with van der Waals surface area (Å²) in [6.45, 7) is 8.80. The molecule has 25 heavy (non-hydrogen) atoms. The van der Waals surface area contributed by atoms with Gasteiger partial charge in [-0.2, -0.15) is 17.7 Å². The molecular weight excluding hydrogens is 487 g/mol. The molecule has 0 atom stereocenters. The number of benzene rings is 1. The van der Waals surface area contributed by atoms with Crippen molar-refractivity contribution in [2.24, 2.45) is 5.41 Å². The van der Waals surface area contributed by atoms with E-state index >= 15 is 0 Å². The molecule has 0 fully saturated rings. The molecule has 140 valence electrons. The number of allylic oxidation sites excluding steroid dienone is 4. The Morgan fingerprint density at radius 3 is 2.04 bits per heavy atom. The van der Waals surface area contributed by atoms with Crippen LogP contribution in [0.15, 0.2) is 54.1 Å². The van der Waals surface area contributed by atoms with E-state index in [2.05, 4.69) is 94.5 Å². The summed E-state index contributed by atoms with van der Waals surface area (Å²) < 4.78 is 0. The zero-order valence-corrected chi connectivity index (χ0v) is 22.3. The second-order valence-corrected chi connectivity index (χ2v) is 6.12. The van der Waals surface area contributed by atoms with E-state index in [0.29, 0.717) is 5.41 Å². The fraction of sp³-hybridized carbons (Fsp3) is 0.286. The van der Waals surface area contributed by atoms with Crippen molar-refractivity contribution >= 4 is 47.7 Å². The second-order valence-electron chi connectivity index (χ2n) is 6.12. The summed E-state index contributed by atoms with van der Waals surface area (Å²) in [5.41, 5.74) is 3.09. The molecule has 0 saturated heterocycles. The molecule has 0 bridgehead atoms. The van der Waals surface area contributed by atoms with Gasteiger partial charge in [0.15, 0.2) is 0 Å². The molecule has 0 aromatic heterocycles. The zero-order chi connectivity index (χ0) is 15.9. The molecule has 4 heteroatoms. The molecule has 0 nitrogen and oxygen atoms in total. The molecule has 2 aromatic carbocycles. The molecule has 3 rings (SSSR count). The van der Waals surface area contributed by atoms with Crippen LogP contribution in [0, 0.1) is 33.3 Å². The van der Waals surface area contributed by atoms with Gasteiger partial charge in [-0.1, -0.05) is 39.2 Å². The number of fused-ring (bicyclic) bond motifs is 1. The molecule has 0 unspecified atom stereocenters. The summed E-state index contributed by atoms with van der Waals surface area (Å²) in [6.07, 6.45) is 8.50. The van der Waals surface area contributed by atoms with Gasteiger partial charge in [-0.05, 0) is 0 Å². The first-order chi connectivity index (χ1) is 9.97. The van der Waals surface area contributed by atoms with Crippen LogP contribution in [0.4, 0.5) is 0 Å². The summed E-state index contributed by atoms with van der Waals surface area (Å²) >= 11 is 3.64. The Morgan fingerprint density at radius 1 is 1.08 bits per heavy atom. The monoisotopic (exact) mass is 516 g/mol. The van der Waals surface area contributed by atoms with Gasteiger partial charge in [-0.15, -0.1) is 71.8 Å². The summed E-state index contributed by atoms with van der Waals surface area (Å²) in [5.74, 6) is 0. The molecule has 2 aromatic rings. The first kappa shape index (κ1) is 32.9. The van der Waals surface area contributed by atoms with E-state index < -0.39 is 0 Å². The van der Waals surface area contributed by atoms with E-state index in [1.165, 1.54) is 21.9 Å². The maximum atomic E-state index is 3.16. The first-order valence-corrected chi connectivity index (χ1v) is 14.5. The van der Waals surface area contributed by atoms with Gasteiger partial charge in [0.25, 0.3) is 0 Å². The van der Waals surface area contributed by atoms with Crippen LogP contribution >= 0.6 is 24.8 Å². The normalized spacial score (nSPS) is 10.9. The standard InChI is InChI=1S/C10H9.C9H13.2CH3.2ClH.Ge.Zr/c1-8-6-9-4-2-3-5-10(9)7-8;1-9(2,3)8-6-4-5-7-8;;;;;;/h2-7H,1H3;6-7H,4H2,1-3H3;2*1H3;2*1H;;/q4*-1;;;;. The predicted octanol–water partition coefficient (Wildman–Crippen LogP) is 6.95. The topological polar surface area (TPSA) is 0 Å². The number of hydrogen-bond donors (Lipinski definition) is 0. The van der Waals surface area contributed by atoms with Crippen molar-refractivity contribution in [3.63, 3.8) is 0 Å². The number of hydrogen-bond acceptors (Lipinski definition) is 0. The van der Waals surface area contributed by atoms with Crippen LogP contribution in [0.1, 0.15) is 32.8 Å². The Morgan fingerprint density at radius 2 is 1.64 bits per heavy atom. The Hall–Kier alpha value is 0.316. The number of aryl methyl sites for hydroxylation is 1. The van der Waals surface area contributed by atoms with Crippen LogP contribution in [0.2, 0.25) is 0 Å². The third-order valence-electron chi connectivity index (χ3n) is 3.33. The molecule has 0 saturated carbocycles. The third-order valence-corrected chi connectivity index (χ3v) is 3.33. The third kappa shape index (κ3) is 11.6. The van der Waals surface area contributed by atoms with Crippen LogP contribution in [0.25, 0.3) is 10.8 Å². The zero-order valence-electron chi connectivity index (χ0n) is 16.1. The molecule has 1 aliphatic carbocycles. The molecular formula is C21H30Cl2GeZr-4. The SMILES string of the molecule is CC(C)(C)C1=CC[C-]=C1.Cc1cc2ccccc2[cH-]1.Cl.Cl.[CH3-].[CH3-].[Ge]=[Zr]. The van der Waals surface area contributed by atoms with Gasteiger partial charge >= 0.3 is 33.7 Å². The Bertz CT molecular complexity index is 604. The van der Waals surface area contributed by atoms with Gasteiger partial charge in [-0.3, -0.25) is 6.08 Å². The van der Waals surface area contributed by atoms with Crippen molar-refractivity contribution in [1.82, 2.24) is 0 Å². The van der Waals surface area contributed by atoms with Gasteiger partial charge in [0, 0.05) is 0 Å². The summed E-state index contributed by atoms with van der Waals surface area (Å²) in [4.78, 5) is 0. The molecule has 0 aliphatic heterocycles. The van der Waals surface area contributed by atoms with Gasteiger partial charge < -0.3 is 14.9 Å². The molecule has 0 spiro atoms. The van der Waals surface area contributed by atoms with Crippen molar-refractivity contribution in [2.75, 3.05) is 0 Å². The van der Waals surface area contributed by atoms with Crippen molar-refractivity contribution in [3.8, 4) is 0 Å². The molecule has 0 heterocycles. The first-order valence-electron chi connectivity index (χ1n) is 7.11. The number of rotatable bonds is 0. The van der Waals surface area contributed by atoms with Crippen LogP contribution in [0.3, 0.4) is 0 Å². The fourth-order valence-corrected chi connectivity index (χ4v) is 2.23. The predicted molar refractivity (Wildman–Crippen MR) is 117 cm³/mol. The van der Waals surface area contributed by atoms with Gasteiger partial charge in [-0.25, -0.2) is 6.08 Å². The van der Waals surface area contributed by atoms with Crippen molar-refractivity contribution in [1.29, 1.82) is 0 Å². The van der Waals surface area contributed by atoms with E-state index in [4.69, 9.17) is 0 Å². The van der Waals surface area contributed by atoms with Crippen molar-refractivity contribution in [3.05, 3.63) is 80.6 Å². The summed E-state index contributed by atoms with van der Waals surface area (Å²) in [7, 11) is 0. The summed E-state index contributed by atoms with van der Waals surface area (Å²) in [6, 6.07) is 12.8. The van der Waals surface area contributed by atoms with Crippen LogP contribution in [-0.2, 0) is 21.6 Å². The van der Waals surface area contributed by atoms with Gasteiger partial charge in [0.05, 0.1) is 0 Å². The average Bonchev–Trinajstić information content (AvgIpc) is 3.09. The minimum atomic E-state index is 0. The van der Waals surface area contributed by atoms with E-state index in [1.54, 1.807) is 21.6 Å². The second kappa shape index (κ2) is 16.5. The van der Waals surface area contributed by atoms with Gasteiger partial charge in [0.2, 0.25) is 0 Å². The van der Waals surface area contributed by atoms with E-state index in [9.17, 15) is 0 Å². The van der Waals surface area contributed by atoms with Gasteiger partial charge in [0.1, 0.15) is 0 Å². The Labute approximate surface area is 188 Å². The Kier molecular flexibility index (Phi) is 21.7. The molecule has 2 radical (unpaired) electrons. The number of halogens is 2. The van der Waals surface area contributed by atoms with E-state index in [1.807, 2.05) is 0 Å². The minimum absolute atomic E-state index is 0. The Balaban J connectivity index is -0.000000141. The molecule has 0 N–H and O–H groups in total. The summed E-state index contributed by atoms with van der Waals surface area (Å²) in [5, 5.41) is 2.69. The van der Waals surface area contributed by atoms with Crippen LogP contribution in [-0.4, -0.2) is 12.1 Å². The van der Waals surface area contributed by atoms with E-state index in [-0.39, 0.29) is 39.7 Å². The average molecular weight is 517 g/mol. The van der Waals surface area contributed by atoms with E-state index in [0.717, 1.165) is 6.42 Å². The van der Waals surface area contributed by atoms with Crippen molar-refractivity contribution in [2.45, 2.75) is 34.1 Å². The van der Waals surface area contributed by atoms with Crippen LogP contribution < -0.4 is 0 Å². The molecule has 1 aliphatic rings. The molecule has 0 amide bonds. The van der Waals surface area contributed by atoms with Crippen LogP contribution in [0.5, 0.6) is 0 Å². The maximum absolute atomic E-state index is 3.16.